The van der Waals surface area contributed by atoms with Crippen molar-refractivity contribution in [3.05, 3.63) is 23.9 Å². The van der Waals surface area contributed by atoms with E-state index >= 15 is 0 Å². The summed E-state index contributed by atoms with van der Waals surface area (Å²) in [5, 5.41) is 11.5. The highest BCUT2D eigenvalue weighted by Crippen LogP contribution is 2.28. The van der Waals surface area contributed by atoms with Crippen LogP contribution in [0.5, 0.6) is 0 Å². The molecule has 0 radical (unpaired) electrons. The van der Waals surface area contributed by atoms with E-state index in [4.69, 9.17) is 10.9 Å². The molecule has 1 fully saturated rings. The molecule has 1 aliphatic carbocycles. The fraction of sp³-hybridized carbons (Fsp3) is 0.400. The summed E-state index contributed by atoms with van der Waals surface area (Å²) in [4.78, 5) is 6.43. The molecule has 0 aliphatic heterocycles. The maximum absolute atomic E-state index is 8.55. The number of oxime groups is 1. The lowest BCUT2D eigenvalue weighted by atomic mass is 10.3. The number of amidine groups is 1. The van der Waals surface area contributed by atoms with Gasteiger partial charge in [0.25, 0.3) is 0 Å². The molecule has 1 aliphatic rings. The first kappa shape index (κ1) is 9.76. The van der Waals surface area contributed by atoms with Crippen molar-refractivity contribution in [2.45, 2.75) is 18.9 Å². The molecule has 1 aromatic rings. The Kier molecular flexibility index (Phi) is 2.45. The van der Waals surface area contributed by atoms with Gasteiger partial charge in [-0.25, -0.2) is 4.98 Å². The topological polar surface area (TPSA) is 74.7 Å². The SMILES string of the molecule is CN(c1cccc(C(N)=NO)n1)C1CC1. The molecule has 80 valence electrons. The van der Waals surface area contributed by atoms with E-state index in [0.717, 1.165) is 5.82 Å². The maximum Gasteiger partial charge on any atom is 0.188 e. The lowest BCUT2D eigenvalue weighted by molar-refractivity contribution is 0.318. The van der Waals surface area contributed by atoms with E-state index in [1.165, 1.54) is 12.8 Å². The van der Waals surface area contributed by atoms with Crippen molar-refractivity contribution in [1.82, 2.24) is 4.98 Å². The van der Waals surface area contributed by atoms with Gasteiger partial charge in [0.2, 0.25) is 0 Å². The van der Waals surface area contributed by atoms with Crippen molar-refractivity contribution in [2.24, 2.45) is 10.9 Å². The lowest BCUT2D eigenvalue weighted by Crippen LogP contribution is -2.22. The minimum atomic E-state index is 0.0426. The van der Waals surface area contributed by atoms with Crippen LogP contribution in [0.25, 0.3) is 0 Å². The number of nitrogens with two attached hydrogens (primary N) is 1. The summed E-state index contributed by atoms with van der Waals surface area (Å²) in [6, 6.07) is 6.10. The highest BCUT2D eigenvalue weighted by Gasteiger charge is 2.27. The van der Waals surface area contributed by atoms with E-state index in [0.29, 0.717) is 11.7 Å². The summed E-state index contributed by atoms with van der Waals surface area (Å²) < 4.78 is 0. The zero-order chi connectivity index (χ0) is 10.8. The lowest BCUT2D eigenvalue weighted by Gasteiger charge is -2.17. The molecule has 0 bridgehead atoms. The van der Waals surface area contributed by atoms with E-state index in [1.807, 2.05) is 19.2 Å². The largest absolute Gasteiger partial charge is 0.409 e. The first-order chi connectivity index (χ1) is 7.22. The van der Waals surface area contributed by atoms with Crippen LogP contribution in [0.15, 0.2) is 23.4 Å². The number of pyridine rings is 1. The molecule has 0 amide bonds. The Labute approximate surface area is 88.2 Å². The van der Waals surface area contributed by atoms with Crippen molar-refractivity contribution in [2.75, 3.05) is 11.9 Å². The van der Waals surface area contributed by atoms with Crippen LogP contribution < -0.4 is 10.6 Å². The third kappa shape index (κ3) is 2.01. The molecule has 1 heterocycles. The number of rotatable bonds is 3. The maximum atomic E-state index is 8.55. The molecule has 3 N–H and O–H groups in total. The Morgan fingerprint density at radius 1 is 1.60 bits per heavy atom. The molecule has 1 aromatic heterocycles. The minimum absolute atomic E-state index is 0.0426. The summed E-state index contributed by atoms with van der Waals surface area (Å²) >= 11 is 0. The Hall–Kier alpha value is -1.78. The van der Waals surface area contributed by atoms with Crippen molar-refractivity contribution in [1.29, 1.82) is 0 Å². The van der Waals surface area contributed by atoms with Gasteiger partial charge < -0.3 is 15.8 Å². The molecule has 0 unspecified atom stereocenters. The van der Waals surface area contributed by atoms with Gasteiger partial charge in [0, 0.05) is 13.1 Å². The molecule has 5 nitrogen and oxygen atoms in total. The van der Waals surface area contributed by atoms with E-state index < -0.39 is 0 Å². The Balaban J connectivity index is 2.25. The second-order valence-electron chi connectivity index (χ2n) is 3.71. The second kappa shape index (κ2) is 3.76. The molecule has 2 rings (SSSR count). The van der Waals surface area contributed by atoms with Crippen LogP contribution in [0.3, 0.4) is 0 Å². The minimum Gasteiger partial charge on any atom is -0.409 e. The third-order valence-corrected chi connectivity index (χ3v) is 2.56. The van der Waals surface area contributed by atoms with Gasteiger partial charge in [0.1, 0.15) is 11.5 Å². The summed E-state index contributed by atoms with van der Waals surface area (Å²) in [7, 11) is 2.01. The fourth-order valence-electron chi connectivity index (χ4n) is 1.46. The number of hydrogen-bond acceptors (Lipinski definition) is 4. The summed E-state index contributed by atoms with van der Waals surface area (Å²) in [6.45, 7) is 0. The average Bonchev–Trinajstić information content (AvgIpc) is 3.11. The van der Waals surface area contributed by atoms with Crippen molar-refractivity contribution in [3.63, 3.8) is 0 Å². The van der Waals surface area contributed by atoms with Gasteiger partial charge in [0.15, 0.2) is 5.84 Å². The molecule has 0 atom stereocenters. The molecular formula is C10H14N4O. The second-order valence-corrected chi connectivity index (χ2v) is 3.71. The van der Waals surface area contributed by atoms with Crippen LogP contribution in [0.2, 0.25) is 0 Å². The molecular weight excluding hydrogens is 192 g/mol. The van der Waals surface area contributed by atoms with Gasteiger partial charge in [0.05, 0.1) is 0 Å². The number of hydrogen-bond donors (Lipinski definition) is 2. The Morgan fingerprint density at radius 2 is 2.33 bits per heavy atom. The molecule has 15 heavy (non-hydrogen) atoms. The van der Waals surface area contributed by atoms with E-state index in [2.05, 4.69) is 15.0 Å². The van der Waals surface area contributed by atoms with Gasteiger partial charge in [-0.15, -0.1) is 0 Å². The van der Waals surface area contributed by atoms with Crippen LogP contribution in [-0.4, -0.2) is 29.1 Å². The average molecular weight is 206 g/mol. The van der Waals surface area contributed by atoms with Gasteiger partial charge in [-0.2, -0.15) is 0 Å². The molecule has 5 heteroatoms. The monoisotopic (exact) mass is 206 g/mol. The van der Waals surface area contributed by atoms with E-state index in [-0.39, 0.29) is 5.84 Å². The smallest absolute Gasteiger partial charge is 0.188 e. The fourth-order valence-corrected chi connectivity index (χ4v) is 1.46. The van der Waals surface area contributed by atoms with Gasteiger partial charge in [-0.3, -0.25) is 0 Å². The van der Waals surface area contributed by atoms with Crippen LogP contribution in [0.4, 0.5) is 5.82 Å². The van der Waals surface area contributed by atoms with Crippen LogP contribution in [-0.2, 0) is 0 Å². The number of anilines is 1. The van der Waals surface area contributed by atoms with Crippen molar-refractivity contribution in [3.8, 4) is 0 Å². The van der Waals surface area contributed by atoms with Gasteiger partial charge in [-0.1, -0.05) is 11.2 Å². The zero-order valence-electron chi connectivity index (χ0n) is 8.59. The third-order valence-electron chi connectivity index (χ3n) is 2.56. The van der Waals surface area contributed by atoms with Crippen molar-refractivity contribution >= 4 is 11.7 Å². The molecule has 1 saturated carbocycles. The zero-order valence-corrected chi connectivity index (χ0v) is 8.59. The summed E-state index contributed by atoms with van der Waals surface area (Å²) in [5.74, 6) is 0.905. The van der Waals surface area contributed by atoms with Crippen LogP contribution in [0.1, 0.15) is 18.5 Å². The predicted octanol–water partition coefficient (Wildman–Crippen LogP) is 0.775. The highest BCUT2D eigenvalue weighted by atomic mass is 16.4. The van der Waals surface area contributed by atoms with E-state index in [1.54, 1.807) is 6.07 Å². The van der Waals surface area contributed by atoms with Gasteiger partial charge in [-0.05, 0) is 25.0 Å². The van der Waals surface area contributed by atoms with Crippen LogP contribution >= 0.6 is 0 Å². The van der Waals surface area contributed by atoms with Crippen LogP contribution in [0, 0.1) is 0 Å². The van der Waals surface area contributed by atoms with Crippen molar-refractivity contribution < 1.29 is 5.21 Å². The summed E-state index contributed by atoms with van der Waals surface area (Å²) in [6.07, 6.45) is 2.43. The Morgan fingerprint density at radius 3 is 2.93 bits per heavy atom. The first-order valence-corrected chi connectivity index (χ1v) is 4.90. The molecule has 0 aromatic carbocycles. The number of aromatic nitrogens is 1. The molecule has 0 saturated heterocycles. The quantitative estimate of drug-likeness (QED) is 0.331. The normalized spacial score (nSPS) is 16.5. The van der Waals surface area contributed by atoms with Gasteiger partial charge >= 0.3 is 0 Å². The summed E-state index contributed by atoms with van der Waals surface area (Å²) in [5.41, 5.74) is 5.98. The predicted molar refractivity (Wildman–Crippen MR) is 58.2 cm³/mol. The standard InChI is InChI=1S/C10H14N4O/c1-14(7-5-6-7)9-4-2-3-8(12-9)10(11)13-15/h2-4,7,15H,5-6H2,1H3,(H2,11,13). The Bertz CT molecular complexity index is 387. The van der Waals surface area contributed by atoms with E-state index in [9.17, 15) is 0 Å². The first-order valence-electron chi connectivity index (χ1n) is 4.90. The molecule has 0 spiro atoms. The highest BCUT2D eigenvalue weighted by molar-refractivity contribution is 5.95. The number of nitrogens with zero attached hydrogens (tertiary/aromatic N) is 3.